The minimum Gasteiger partial charge on any atom is -0.333 e. The molecule has 1 aromatic rings. The van der Waals surface area contributed by atoms with Crippen LogP contribution in [0.25, 0.3) is 0 Å². The molecule has 1 spiro atoms. The predicted molar refractivity (Wildman–Crippen MR) is 64.7 cm³/mol. The molecule has 0 aromatic carbocycles. The Morgan fingerprint density at radius 2 is 2.24 bits per heavy atom. The minimum absolute atomic E-state index is 0.0662. The van der Waals surface area contributed by atoms with Gasteiger partial charge in [-0.15, -0.1) is 0 Å². The monoisotopic (exact) mass is 231 g/mol. The van der Waals surface area contributed by atoms with Gasteiger partial charge in [0.15, 0.2) is 0 Å². The highest BCUT2D eigenvalue weighted by Crippen LogP contribution is 2.36. The molecular formula is C13H17N3O. The summed E-state index contributed by atoms with van der Waals surface area (Å²) in [5, 5.41) is 0. The van der Waals surface area contributed by atoms with Gasteiger partial charge >= 0.3 is 0 Å². The van der Waals surface area contributed by atoms with E-state index in [1.54, 1.807) is 12.3 Å². The van der Waals surface area contributed by atoms with Crippen LogP contribution >= 0.6 is 0 Å². The molecule has 90 valence electrons. The lowest BCUT2D eigenvalue weighted by atomic mass is 9.87. The van der Waals surface area contributed by atoms with E-state index in [0.717, 1.165) is 19.6 Å². The van der Waals surface area contributed by atoms with Crippen molar-refractivity contribution in [3.63, 3.8) is 0 Å². The Morgan fingerprint density at radius 3 is 2.82 bits per heavy atom. The lowest BCUT2D eigenvalue weighted by molar-refractivity contribution is -0.00765. The first kappa shape index (κ1) is 10.7. The average Bonchev–Trinajstić information content (AvgIpc) is 2.69. The molecule has 0 aliphatic carbocycles. The number of pyridine rings is 1. The molecular weight excluding hydrogens is 214 g/mol. The van der Waals surface area contributed by atoms with E-state index < -0.39 is 0 Å². The molecule has 0 N–H and O–H groups in total. The van der Waals surface area contributed by atoms with Gasteiger partial charge < -0.3 is 4.90 Å². The van der Waals surface area contributed by atoms with Crippen molar-refractivity contribution in [3.8, 4) is 0 Å². The van der Waals surface area contributed by atoms with Crippen LogP contribution in [0, 0.1) is 0 Å². The van der Waals surface area contributed by atoms with Crippen molar-refractivity contribution in [3.05, 3.63) is 30.1 Å². The second kappa shape index (κ2) is 3.81. The number of amides is 1. The Labute approximate surface area is 101 Å². The maximum atomic E-state index is 12.1. The zero-order valence-electron chi connectivity index (χ0n) is 10.1. The van der Waals surface area contributed by atoms with Crippen LogP contribution in [0.15, 0.2) is 24.4 Å². The quantitative estimate of drug-likeness (QED) is 0.723. The Balaban J connectivity index is 1.68. The van der Waals surface area contributed by atoms with Crippen molar-refractivity contribution in [1.29, 1.82) is 0 Å². The van der Waals surface area contributed by atoms with Crippen LogP contribution in [0.1, 0.15) is 23.3 Å². The zero-order valence-corrected chi connectivity index (χ0v) is 10.1. The molecule has 0 radical (unpaired) electrons. The number of rotatable bonds is 1. The van der Waals surface area contributed by atoms with Crippen LogP contribution in [0.4, 0.5) is 0 Å². The van der Waals surface area contributed by atoms with E-state index in [-0.39, 0.29) is 11.4 Å². The number of aromatic nitrogens is 1. The van der Waals surface area contributed by atoms with E-state index in [2.05, 4.69) is 16.9 Å². The molecule has 2 fully saturated rings. The summed E-state index contributed by atoms with van der Waals surface area (Å²) in [6.45, 7) is 2.88. The fourth-order valence-electron chi connectivity index (χ4n) is 2.93. The molecule has 2 aliphatic rings. The zero-order chi connectivity index (χ0) is 11.9. The Bertz CT molecular complexity index is 426. The Morgan fingerprint density at radius 1 is 1.41 bits per heavy atom. The third-order valence-corrected chi connectivity index (χ3v) is 4.09. The normalized spacial score (nSPS) is 22.8. The number of carbonyl (C=O) groups is 1. The van der Waals surface area contributed by atoms with Crippen molar-refractivity contribution in [2.45, 2.75) is 18.4 Å². The molecule has 4 nitrogen and oxygen atoms in total. The van der Waals surface area contributed by atoms with Gasteiger partial charge in [0.2, 0.25) is 0 Å². The third-order valence-electron chi connectivity index (χ3n) is 4.09. The van der Waals surface area contributed by atoms with Gasteiger partial charge in [0.25, 0.3) is 5.91 Å². The summed E-state index contributed by atoms with van der Waals surface area (Å²) >= 11 is 0. The van der Waals surface area contributed by atoms with E-state index >= 15 is 0 Å². The maximum absolute atomic E-state index is 12.1. The summed E-state index contributed by atoms with van der Waals surface area (Å²) in [5.74, 6) is 0.0662. The van der Waals surface area contributed by atoms with E-state index in [4.69, 9.17) is 0 Å². The summed E-state index contributed by atoms with van der Waals surface area (Å²) < 4.78 is 0. The van der Waals surface area contributed by atoms with Crippen LogP contribution in [0.5, 0.6) is 0 Å². The van der Waals surface area contributed by atoms with Crippen LogP contribution in [0.2, 0.25) is 0 Å². The standard InChI is InChI=1S/C13H17N3O/c1-15-8-4-6-13(15)9-16(10-13)12(17)11-5-2-3-7-14-11/h2-3,5,7H,4,6,8-10H2,1H3. The summed E-state index contributed by atoms with van der Waals surface area (Å²) in [7, 11) is 2.16. The van der Waals surface area contributed by atoms with Gasteiger partial charge in [0.1, 0.15) is 5.69 Å². The third kappa shape index (κ3) is 1.63. The van der Waals surface area contributed by atoms with Crippen LogP contribution < -0.4 is 0 Å². The maximum Gasteiger partial charge on any atom is 0.272 e. The highest BCUT2D eigenvalue weighted by molar-refractivity contribution is 5.93. The van der Waals surface area contributed by atoms with Gasteiger partial charge in [0.05, 0.1) is 5.54 Å². The molecule has 2 aliphatic heterocycles. The fourth-order valence-corrected chi connectivity index (χ4v) is 2.93. The Kier molecular flexibility index (Phi) is 2.40. The average molecular weight is 231 g/mol. The van der Waals surface area contributed by atoms with Gasteiger partial charge in [0, 0.05) is 19.3 Å². The summed E-state index contributed by atoms with van der Waals surface area (Å²) in [4.78, 5) is 20.5. The van der Waals surface area contributed by atoms with Crippen molar-refractivity contribution >= 4 is 5.91 Å². The fraction of sp³-hybridized carbons (Fsp3) is 0.538. The number of nitrogens with zero attached hydrogens (tertiary/aromatic N) is 3. The molecule has 0 saturated carbocycles. The van der Waals surface area contributed by atoms with Gasteiger partial charge in [-0.1, -0.05) is 6.07 Å². The van der Waals surface area contributed by atoms with Crippen molar-refractivity contribution in [2.24, 2.45) is 0 Å². The van der Waals surface area contributed by atoms with E-state index in [1.165, 1.54) is 12.8 Å². The molecule has 2 saturated heterocycles. The molecule has 3 heterocycles. The first-order chi connectivity index (χ1) is 8.21. The lowest BCUT2D eigenvalue weighted by Gasteiger charge is -2.51. The van der Waals surface area contributed by atoms with Gasteiger partial charge in [-0.25, -0.2) is 0 Å². The second-order valence-corrected chi connectivity index (χ2v) is 5.13. The largest absolute Gasteiger partial charge is 0.333 e. The number of hydrogen-bond donors (Lipinski definition) is 0. The van der Waals surface area contributed by atoms with Gasteiger partial charge in [-0.05, 0) is 38.6 Å². The van der Waals surface area contributed by atoms with Crippen molar-refractivity contribution in [1.82, 2.24) is 14.8 Å². The topological polar surface area (TPSA) is 36.4 Å². The molecule has 17 heavy (non-hydrogen) atoms. The lowest BCUT2D eigenvalue weighted by Crippen LogP contribution is -2.68. The molecule has 1 amide bonds. The second-order valence-electron chi connectivity index (χ2n) is 5.13. The van der Waals surface area contributed by atoms with Crippen LogP contribution in [-0.2, 0) is 0 Å². The van der Waals surface area contributed by atoms with Crippen molar-refractivity contribution < 1.29 is 4.79 Å². The molecule has 1 aromatic heterocycles. The van der Waals surface area contributed by atoms with Crippen molar-refractivity contribution in [2.75, 3.05) is 26.7 Å². The Hall–Kier alpha value is -1.42. The first-order valence-corrected chi connectivity index (χ1v) is 6.13. The minimum atomic E-state index is 0.0662. The van der Waals surface area contributed by atoms with E-state index in [0.29, 0.717) is 5.69 Å². The first-order valence-electron chi connectivity index (χ1n) is 6.13. The molecule has 3 rings (SSSR count). The molecule has 4 heteroatoms. The molecule has 0 bridgehead atoms. The highest BCUT2D eigenvalue weighted by Gasteiger charge is 2.50. The smallest absolute Gasteiger partial charge is 0.272 e. The number of likely N-dealkylation sites (N-methyl/N-ethyl adjacent to an activating group) is 1. The van der Waals surface area contributed by atoms with Gasteiger partial charge in [-0.3, -0.25) is 14.7 Å². The SMILES string of the molecule is CN1CCCC12CN(C(=O)c1ccccn1)C2. The van der Waals surface area contributed by atoms with E-state index in [1.807, 2.05) is 17.0 Å². The van der Waals surface area contributed by atoms with Crippen LogP contribution in [-0.4, -0.2) is 52.9 Å². The number of hydrogen-bond acceptors (Lipinski definition) is 3. The van der Waals surface area contributed by atoms with Gasteiger partial charge in [-0.2, -0.15) is 0 Å². The predicted octanol–water partition coefficient (Wildman–Crippen LogP) is 1.00. The summed E-state index contributed by atoms with van der Waals surface area (Å²) in [6.07, 6.45) is 4.14. The number of carbonyl (C=O) groups excluding carboxylic acids is 1. The summed E-state index contributed by atoms with van der Waals surface area (Å²) in [6, 6.07) is 5.47. The molecule has 0 unspecified atom stereocenters. The highest BCUT2D eigenvalue weighted by atomic mass is 16.2. The van der Waals surface area contributed by atoms with Crippen LogP contribution in [0.3, 0.4) is 0 Å². The van der Waals surface area contributed by atoms with E-state index in [9.17, 15) is 4.79 Å². The number of likely N-dealkylation sites (tertiary alicyclic amines) is 2. The summed E-state index contributed by atoms with van der Waals surface area (Å²) in [5.41, 5.74) is 0.827. The molecule has 0 atom stereocenters.